The van der Waals surface area contributed by atoms with E-state index in [2.05, 4.69) is 10.4 Å². The molecule has 2 heterocycles. The van der Waals surface area contributed by atoms with E-state index in [-0.39, 0.29) is 17.3 Å². The monoisotopic (exact) mass is 417 g/mol. The van der Waals surface area contributed by atoms with Crippen molar-refractivity contribution in [1.82, 2.24) is 9.78 Å². The number of fused-ring (bicyclic) bond motifs is 1. The van der Waals surface area contributed by atoms with Gasteiger partial charge in [0.1, 0.15) is 23.0 Å². The zero-order chi connectivity index (χ0) is 20.9. The smallest absolute Gasteiger partial charge is 0.262 e. The van der Waals surface area contributed by atoms with E-state index in [4.69, 9.17) is 0 Å². The number of hydrogen-bond acceptors (Lipinski definition) is 4. The highest BCUT2D eigenvalue weighted by Crippen LogP contribution is 2.34. The summed E-state index contributed by atoms with van der Waals surface area (Å²) < 4.78 is 53.6. The van der Waals surface area contributed by atoms with Gasteiger partial charge in [0.15, 0.2) is 9.84 Å². The van der Waals surface area contributed by atoms with Crippen LogP contribution in [0.4, 0.5) is 14.6 Å². The molecule has 0 aliphatic carbocycles. The van der Waals surface area contributed by atoms with Gasteiger partial charge in [-0.3, -0.25) is 4.79 Å². The summed E-state index contributed by atoms with van der Waals surface area (Å²) in [5.41, 5.74) is 2.40. The van der Waals surface area contributed by atoms with E-state index < -0.39 is 32.9 Å². The van der Waals surface area contributed by atoms with Gasteiger partial charge < -0.3 is 5.32 Å². The molecule has 1 amide bonds. The van der Waals surface area contributed by atoms with Gasteiger partial charge in [0, 0.05) is 5.56 Å². The van der Waals surface area contributed by atoms with Crippen LogP contribution in [0.5, 0.6) is 0 Å². The molecule has 9 heteroatoms. The molecule has 0 bridgehead atoms. The van der Waals surface area contributed by atoms with Gasteiger partial charge in [0.2, 0.25) is 0 Å². The maximum absolute atomic E-state index is 14.0. The fourth-order valence-corrected chi connectivity index (χ4v) is 4.97. The molecular weight excluding hydrogens is 400 g/mol. The summed E-state index contributed by atoms with van der Waals surface area (Å²) in [6.45, 7) is 3.78. The van der Waals surface area contributed by atoms with Gasteiger partial charge >= 0.3 is 0 Å². The second kappa shape index (κ2) is 6.77. The van der Waals surface area contributed by atoms with Crippen molar-refractivity contribution in [3.05, 3.63) is 76.0 Å². The van der Waals surface area contributed by atoms with E-state index in [0.717, 1.165) is 29.3 Å². The highest BCUT2D eigenvalue weighted by Gasteiger charge is 2.34. The molecule has 0 saturated heterocycles. The van der Waals surface area contributed by atoms with E-state index in [0.29, 0.717) is 16.9 Å². The molecule has 1 aliphatic heterocycles. The molecule has 0 fully saturated rings. The summed E-state index contributed by atoms with van der Waals surface area (Å²) in [5, 5.41) is 6.86. The molecule has 4 rings (SSSR count). The molecule has 2 aromatic carbocycles. The van der Waals surface area contributed by atoms with E-state index in [1.165, 1.54) is 4.68 Å². The average Bonchev–Trinajstić information content (AvgIpc) is 3.07. The van der Waals surface area contributed by atoms with Crippen molar-refractivity contribution in [2.45, 2.75) is 25.4 Å². The van der Waals surface area contributed by atoms with Crippen molar-refractivity contribution in [2.75, 3.05) is 5.32 Å². The van der Waals surface area contributed by atoms with Crippen LogP contribution in [-0.4, -0.2) is 24.1 Å². The van der Waals surface area contributed by atoms with Crippen molar-refractivity contribution >= 4 is 21.6 Å². The fourth-order valence-electron chi connectivity index (χ4n) is 3.47. The molecular formula is C20H17F2N3O3S. The second-order valence-corrected chi connectivity index (χ2v) is 9.12. The van der Waals surface area contributed by atoms with Crippen molar-refractivity contribution in [1.29, 1.82) is 0 Å². The van der Waals surface area contributed by atoms with Crippen molar-refractivity contribution in [2.24, 2.45) is 0 Å². The summed E-state index contributed by atoms with van der Waals surface area (Å²) in [6, 6.07) is 8.68. The summed E-state index contributed by atoms with van der Waals surface area (Å²) in [7, 11) is -3.39. The molecule has 1 N–H and O–H groups in total. The number of hydrogen-bond donors (Lipinski definition) is 1. The average molecular weight is 417 g/mol. The molecule has 6 nitrogen and oxygen atoms in total. The second-order valence-electron chi connectivity index (χ2n) is 7.06. The molecule has 0 saturated carbocycles. The number of carbonyl (C=O) groups is 1. The van der Waals surface area contributed by atoms with Gasteiger partial charge in [-0.15, -0.1) is 0 Å². The van der Waals surface area contributed by atoms with Gasteiger partial charge in [-0.25, -0.2) is 21.9 Å². The van der Waals surface area contributed by atoms with Crippen LogP contribution in [0.2, 0.25) is 0 Å². The Morgan fingerprint density at radius 3 is 2.45 bits per heavy atom. The molecule has 1 aliphatic rings. The molecule has 0 radical (unpaired) electrons. The molecule has 3 aromatic rings. The Hall–Kier alpha value is -3.07. The largest absolute Gasteiger partial charge is 0.306 e. The molecule has 0 spiro atoms. The minimum Gasteiger partial charge on any atom is -0.306 e. The van der Waals surface area contributed by atoms with Crippen LogP contribution in [0.15, 0.2) is 36.4 Å². The zero-order valence-electron chi connectivity index (χ0n) is 15.7. The molecule has 0 atom stereocenters. The highest BCUT2D eigenvalue weighted by atomic mass is 32.2. The lowest BCUT2D eigenvalue weighted by atomic mass is 10.1. The van der Waals surface area contributed by atoms with Crippen LogP contribution in [0, 0.1) is 25.5 Å². The third kappa shape index (κ3) is 3.42. The Morgan fingerprint density at radius 2 is 1.79 bits per heavy atom. The van der Waals surface area contributed by atoms with Crippen LogP contribution < -0.4 is 5.32 Å². The van der Waals surface area contributed by atoms with Gasteiger partial charge in [0.25, 0.3) is 5.91 Å². The predicted octanol–water partition coefficient (Wildman–Crippen LogP) is 3.45. The molecule has 150 valence electrons. The number of nitrogens with zero attached hydrogens (tertiary/aromatic N) is 2. The van der Waals surface area contributed by atoms with Crippen molar-refractivity contribution < 1.29 is 22.0 Å². The number of sulfone groups is 1. The van der Waals surface area contributed by atoms with Gasteiger partial charge in [0.05, 0.1) is 22.9 Å². The van der Waals surface area contributed by atoms with Gasteiger partial charge in [-0.05, 0) is 37.6 Å². The number of anilines is 1. The van der Waals surface area contributed by atoms with Gasteiger partial charge in [-0.2, -0.15) is 5.10 Å². The number of benzene rings is 2. The lowest BCUT2D eigenvalue weighted by molar-refractivity contribution is 0.101. The first kappa shape index (κ1) is 19.3. The van der Waals surface area contributed by atoms with Crippen molar-refractivity contribution in [3.8, 4) is 5.69 Å². The summed E-state index contributed by atoms with van der Waals surface area (Å²) in [4.78, 5) is 12.7. The zero-order valence-corrected chi connectivity index (χ0v) is 16.5. The lowest BCUT2D eigenvalue weighted by Gasteiger charge is -2.14. The number of aromatic nitrogens is 2. The Balaban J connectivity index is 1.84. The van der Waals surface area contributed by atoms with E-state index in [1.54, 1.807) is 6.07 Å². The number of rotatable bonds is 3. The van der Waals surface area contributed by atoms with Crippen LogP contribution in [0.25, 0.3) is 5.69 Å². The quantitative estimate of drug-likeness (QED) is 0.708. The first-order chi connectivity index (χ1) is 13.7. The minimum absolute atomic E-state index is 0.0979. The van der Waals surface area contributed by atoms with E-state index >= 15 is 0 Å². The molecule has 29 heavy (non-hydrogen) atoms. The number of aryl methyl sites for hydroxylation is 2. The fraction of sp³-hybridized carbons (Fsp3) is 0.200. The topological polar surface area (TPSA) is 81.1 Å². The Kier molecular flexibility index (Phi) is 4.49. The minimum atomic E-state index is -3.39. The first-order valence-electron chi connectivity index (χ1n) is 8.80. The number of carbonyl (C=O) groups excluding carboxylic acids is 1. The van der Waals surface area contributed by atoms with Crippen LogP contribution in [0.3, 0.4) is 0 Å². The number of nitrogens with one attached hydrogen (secondary N) is 1. The van der Waals surface area contributed by atoms with E-state index in [9.17, 15) is 22.0 Å². The maximum Gasteiger partial charge on any atom is 0.262 e. The Bertz CT molecular complexity index is 1250. The van der Waals surface area contributed by atoms with Gasteiger partial charge in [-0.1, -0.05) is 23.8 Å². The SMILES string of the molecule is Cc1ccc(-n2nc3c(c2NC(=O)c2c(F)cccc2F)CS(=O)(=O)C3)c(C)c1. The normalized spacial score (nSPS) is 14.6. The van der Waals surface area contributed by atoms with Crippen LogP contribution >= 0.6 is 0 Å². The third-order valence-corrected chi connectivity index (χ3v) is 6.23. The van der Waals surface area contributed by atoms with Crippen molar-refractivity contribution in [3.63, 3.8) is 0 Å². The standard InChI is InChI=1S/C20H17F2N3O3S/c1-11-6-7-17(12(2)8-11)25-19(13-9-29(27,28)10-16(13)24-25)23-20(26)18-14(21)4-3-5-15(18)22/h3-8H,9-10H2,1-2H3,(H,23,26). The summed E-state index contributed by atoms with van der Waals surface area (Å²) in [5.74, 6) is -3.49. The highest BCUT2D eigenvalue weighted by molar-refractivity contribution is 7.90. The predicted molar refractivity (Wildman–Crippen MR) is 104 cm³/mol. The van der Waals surface area contributed by atoms with E-state index in [1.807, 2.05) is 26.0 Å². The Labute approximate surface area is 166 Å². The first-order valence-corrected chi connectivity index (χ1v) is 10.6. The Morgan fingerprint density at radius 1 is 1.10 bits per heavy atom. The maximum atomic E-state index is 14.0. The molecule has 1 aromatic heterocycles. The lowest BCUT2D eigenvalue weighted by Crippen LogP contribution is -2.19. The molecule has 0 unspecified atom stereocenters. The summed E-state index contributed by atoms with van der Waals surface area (Å²) >= 11 is 0. The number of halogens is 2. The van der Waals surface area contributed by atoms with Crippen LogP contribution in [-0.2, 0) is 21.3 Å². The van der Waals surface area contributed by atoms with Crippen LogP contribution in [0.1, 0.15) is 32.7 Å². The number of amides is 1. The third-order valence-electron chi connectivity index (χ3n) is 4.79. The summed E-state index contributed by atoms with van der Waals surface area (Å²) in [6.07, 6.45) is 0.